The van der Waals surface area contributed by atoms with Crippen molar-refractivity contribution in [2.45, 2.75) is 38.5 Å². The Morgan fingerprint density at radius 2 is 1.74 bits per heavy atom. The quantitative estimate of drug-likeness (QED) is 0.534. The summed E-state index contributed by atoms with van der Waals surface area (Å²) in [7, 11) is 0. The maximum absolute atomic E-state index is 8.36. The molecule has 1 fully saturated rings. The van der Waals surface area contributed by atoms with Crippen LogP contribution >= 0.6 is 0 Å². The van der Waals surface area contributed by atoms with E-state index in [2.05, 4.69) is 43.0 Å². The number of hydrogen-bond donors (Lipinski definition) is 0. The molecule has 0 atom stereocenters. The van der Waals surface area contributed by atoms with Crippen molar-refractivity contribution < 1.29 is 0 Å². The number of allylic oxidation sites excluding steroid dienone is 2. The molecular formula is C18H19N. The van der Waals surface area contributed by atoms with E-state index in [1.165, 1.54) is 37.3 Å². The van der Waals surface area contributed by atoms with Crippen molar-refractivity contribution in [3.63, 3.8) is 0 Å². The summed E-state index contributed by atoms with van der Waals surface area (Å²) in [5.41, 5.74) is 2.46. The predicted octanol–water partition coefficient (Wildman–Crippen LogP) is 4.41. The lowest BCUT2D eigenvalue weighted by molar-refractivity contribution is 0.348. The molecule has 1 aromatic carbocycles. The molecule has 1 aromatic rings. The number of rotatable bonds is 1. The van der Waals surface area contributed by atoms with Crippen molar-refractivity contribution in [3.8, 4) is 17.9 Å². The molecule has 0 aliphatic heterocycles. The van der Waals surface area contributed by atoms with E-state index in [1.54, 1.807) is 6.08 Å². The molecule has 0 heterocycles. The van der Waals surface area contributed by atoms with Crippen LogP contribution in [0.15, 0.2) is 36.4 Å². The molecule has 1 heteroatoms. The largest absolute Gasteiger partial charge is 0.193 e. The van der Waals surface area contributed by atoms with Crippen LogP contribution in [0.25, 0.3) is 0 Å². The summed E-state index contributed by atoms with van der Waals surface area (Å²) in [6.45, 7) is 2.35. The standard InChI is InChI=1S/C18H19N/c1-15-6-10-17(11-7-15)18-12-8-16(9-13-18)5-3-2-4-14-19/h2,4,8-9,12-13,15,17H,6-7,10-11H2,1H3/b4-2+. The second kappa shape index (κ2) is 6.81. The first-order valence-electron chi connectivity index (χ1n) is 6.95. The van der Waals surface area contributed by atoms with Gasteiger partial charge < -0.3 is 0 Å². The second-order valence-corrected chi connectivity index (χ2v) is 5.31. The van der Waals surface area contributed by atoms with Crippen LogP contribution in [0, 0.1) is 29.1 Å². The third-order valence-electron chi connectivity index (χ3n) is 3.86. The van der Waals surface area contributed by atoms with Crippen molar-refractivity contribution in [3.05, 3.63) is 47.5 Å². The average molecular weight is 249 g/mol. The molecule has 2 rings (SSSR count). The Morgan fingerprint density at radius 3 is 2.37 bits per heavy atom. The highest BCUT2D eigenvalue weighted by atomic mass is 14.2. The van der Waals surface area contributed by atoms with Gasteiger partial charge in [-0.25, -0.2) is 0 Å². The summed E-state index contributed by atoms with van der Waals surface area (Å²) in [5, 5.41) is 8.36. The fourth-order valence-corrected chi connectivity index (χ4v) is 2.64. The van der Waals surface area contributed by atoms with Crippen LogP contribution < -0.4 is 0 Å². The molecule has 19 heavy (non-hydrogen) atoms. The second-order valence-electron chi connectivity index (χ2n) is 5.31. The molecule has 0 N–H and O–H groups in total. The zero-order valence-electron chi connectivity index (χ0n) is 11.4. The molecule has 1 aliphatic rings. The first kappa shape index (κ1) is 13.4. The van der Waals surface area contributed by atoms with E-state index in [0.717, 1.165) is 17.4 Å². The van der Waals surface area contributed by atoms with E-state index in [4.69, 9.17) is 5.26 Å². The lowest BCUT2D eigenvalue weighted by Gasteiger charge is -2.26. The highest BCUT2D eigenvalue weighted by Crippen LogP contribution is 2.35. The van der Waals surface area contributed by atoms with E-state index in [1.807, 2.05) is 6.07 Å². The summed E-state index contributed by atoms with van der Waals surface area (Å²) >= 11 is 0. The Bertz CT molecular complexity index is 526. The van der Waals surface area contributed by atoms with Crippen LogP contribution in [-0.2, 0) is 0 Å². The average Bonchev–Trinajstić information content (AvgIpc) is 2.45. The van der Waals surface area contributed by atoms with E-state index in [-0.39, 0.29) is 0 Å². The van der Waals surface area contributed by atoms with Gasteiger partial charge >= 0.3 is 0 Å². The van der Waals surface area contributed by atoms with E-state index in [9.17, 15) is 0 Å². The Morgan fingerprint density at radius 1 is 1.05 bits per heavy atom. The van der Waals surface area contributed by atoms with Crippen molar-refractivity contribution in [2.75, 3.05) is 0 Å². The number of hydrogen-bond acceptors (Lipinski definition) is 1. The van der Waals surface area contributed by atoms with E-state index >= 15 is 0 Å². The molecule has 0 spiro atoms. The fourth-order valence-electron chi connectivity index (χ4n) is 2.64. The Labute approximate surface area is 116 Å². The van der Waals surface area contributed by atoms with Crippen molar-refractivity contribution in [1.82, 2.24) is 0 Å². The van der Waals surface area contributed by atoms with Gasteiger partial charge in [0.2, 0.25) is 0 Å². The summed E-state index contributed by atoms with van der Waals surface area (Å²) in [6, 6.07) is 10.5. The van der Waals surface area contributed by atoms with Crippen LogP contribution in [0.3, 0.4) is 0 Å². The van der Waals surface area contributed by atoms with Gasteiger partial charge in [0.05, 0.1) is 6.07 Å². The highest BCUT2D eigenvalue weighted by Gasteiger charge is 2.19. The zero-order chi connectivity index (χ0) is 13.5. The van der Waals surface area contributed by atoms with Crippen LogP contribution in [0.5, 0.6) is 0 Å². The molecule has 1 nitrogen and oxygen atoms in total. The third-order valence-corrected chi connectivity index (χ3v) is 3.86. The van der Waals surface area contributed by atoms with Crippen LogP contribution in [0.2, 0.25) is 0 Å². The van der Waals surface area contributed by atoms with Gasteiger partial charge in [0.15, 0.2) is 0 Å². The van der Waals surface area contributed by atoms with Gasteiger partial charge in [-0.2, -0.15) is 5.26 Å². The van der Waals surface area contributed by atoms with Gasteiger partial charge in [0.1, 0.15) is 0 Å². The van der Waals surface area contributed by atoms with Gasteiger partial charge in [0, 0.05) is 11.6 Å². The maximum Gasteiger partial charge on any atom is 0.0918 e. The molecule has 0 saturated heterocycles. The molecule has 0 radical (unpaired) electrons. The van der Waals surface area contributed by atoms with Gasteiger partial charge in [-0.1, -0.05) is 43.7 Å². The molecule has 0 aromatic heterocycles. The summed E-state index contributed by atoms with van der Waals surface area (Å²) in [4.78, 5) is 0. The first-order chi connectivity index (χ1) is 9.29. The summed E-state index contributed by atoms with van der Waals surface area (Å²) in [6.07, 6.45) is 8.31. The Hall–Kier alpha value is -1.99. The fraction of sp³-hybridized carbons (Fsp3) is 0.389. The molecule has 1 aliphatic carbocycles. The highest BCUT2D eigenvalue weighted by molar-refractivity contribution is 5.39. The normalized spacial score (nSPS) is 22.5. The molecule has 1 saturated carbocycles. The monoisotopic (exact) mass is 249 g/mol. The SMILES string of the molecule is CC1CCC(c2ccc(C#C/C=C/C#N)cc2)CC1. The van der Waals surface area contributed by atoms with Gasteiger partial charge in [-0.05, 0) is 48.4 Å². The molecule has 96 valence electrons. The van der Waals surface area contributed by atoms with Crippen LogP contribution in [-0.4, -0.2) is 0 Å². The van der Waals surface area contributed by atoms with Gasteiger partial charge in [0.25, 0.3) is 0 Å². The van der Waals surface area contributed by atoms with Gasteiger partial charge in [-0.15, -0.1) is 0 Å². The minimum absolute atomic E-state index is 0.733. The van der Waals surface area contributed by atoms with Crippen molar-refractivity contribution >= 4 is 0 Å². The van der Waals surface area contributed by atoms with Crippen LogP contribution in [0.1, 0.15) is 49.7 Å². The smallest absolute Gasteiger partial charge is 0.0918 e. The summed E-state index contributed by atoms with van der Waals surface area (Å²) < 4.78 is 0. The Kier molecular flexibility index (Phi) is 4.82. The predicted molar refractivity (Wildman–Crippen MR) is 78.4 cm³/mol. The first-order valence-corrected chi connectivity index (χ1v) is 6.95. The zero-order valence-corrected chi connectivity index (χ0v) is 11.4. The molecule has 0 unspecified atom stereocenters. The molecule has 0 amide bonds. The lowest BCUT2D eigenvalue weighted by Crippen LogP contribution is -2.10. The van der Waals surface area contributed by atoms with Crippen LogP contribution in [0.4, 0.5) is 0 Å². The third kappa shape index (κ3) is 4.01. The molecular weight excluding hydrogens is 230 g/mol. The number of nitrogens with zero attached hydrogens (tertiary/aromatic N) is 1. The minimum atomic E-state index is 0.733. The van der Waals surface area contributed by atoms with Crippen molar-refractivity contribution in [1.29, 1.82) is 5.26 Å². The number of nitriles is 1. The minimum Gasteiger partial charge on any atom is -0.193 e. The maximum atomic E-state index is 8.36. The summed E-state index contributed by atoms with van der Waals surface area (Å²) in [5.74, 6) is 7.51. The number of benzene rings is 1. The van der Waals surface area contributed by atoms with E-state index in [0.29, 0.717) is 0 Å². The lowest BCUT2D eigenvalue weighted by atomic mass is 9.79. The molecule has 0 bridgehead atoms. The topological polar surface area (TPSA) is 23.8 Å². The van der Waals surface area contributed by atoms with Gasteiger partial charge in [-0.3, -0.25) is 0 Å². The Balaban J connectivity index is 2.00. The van der Waals surface area contributed by atoms with Crippen molar-refractivity contribution in [2.24, 2.45) is 5.92 Å². The van der Waals surface area contributed by atoms with E-state index < -0.39 is 0 Å².